The number of piperidine rings is 1. The Labute approximate surface area is 193 Å². The Morgan fingerprint density at radius 3 is 2.64 bits per heavy atom. The van der Waals surface area contributed by atoms with Crippen LogP contribution in [0.2, 0.25) is 0 Å². The van der Waals surface area contributed by atoms with Gasteiger partial charge in [0.15, 0.2) is 0 Å². The molecule has 1 aliphatic carbocycles. The number of amides is 1. The largest absolute Gasteiger partial charge is 0.403 e. The van der Waals surface area contributed by atoms with Crippen molar-refractivity contribution < 1.29 is 27.8 Å². The van der Waals surface area contributed by atoms with Gasteiger partial charge in [0.1, 0.15) is 11.6 Å². The summed E-state index contributed by atoms with van der Waals surface area (Å²) in [5, 5.41) is 16.2. The molecule has 0 radical (unpaired) electrons. The van der Waals surface area contributed by atoms with Crippen LogP contribution in [0.4, 0.5) is 13.2 Å². The van der Waals surface area contributed by atoms with E-state index in [1.165, 1.54) is 0 Å². The molecule has 0 bridgehead atoms. The van der Waals surface area contributed by atoms with Crippen LogP contribution >= 0.6 is 0 Å². The van der Waals surface area contributed by atoms with Crippen LogP contribution in [0.3, 0.4) is 0 Å². The van der Waals surface area contributed by atoms with Gasteiger partial charge in [-0.15, -0.1) is 0 Å². The number of alkyl halides is 3. The molecule has 3 saturated heterocycles. The molecule has 7 atom stereocenters. The third-order valence-electron chi connectivity index (χ3n) is 8.21. The number of hydrogen-bond acceptors (Lipinski definition) is 7. The molecular formula is C22H38F3N5O3. The molecule has 6 unspecified atom stereocenters. The molecule has 3 heterocycles. The van der Waals surface area contributed by atoms with E-state index in [1.54, 1.807) is 0 Å². The van der Waals surface area contributed by atoms with Gasteiger partial charge in [0.2, 0.25) is 5.91 Å². The summed E-state index contributed by atoms with van der Waals surface area (Å²) >= 11 is 0. The molecule has 190 valence electrons. The van der Waals surface area contributed by atoms with Gasteiger partial charge in [-0.2, -0.15) is 13.2 Å². The Hall–Kier alpha value is -0.980. The molecule has 0 aromatic carbocycles. The highest BCUT2D eigenvalue weighted by Gasteiger charge is 2.53. The fraction of sp³-hybridized carbons (Fsp3) is 0.955. The van der Waals surface area contributed by atoms with Gasteiger partial charge in [-0.05, 0) is 56.9 Å². The summed E-state index contributed by atoms with van der Waals surface area (Å²) in [4.78, 5) is 15.3. The van der Waals surface area contributed by atoms with Crippen LogP contribution in [-0.2, 0) is 9.53 Å². The first-order valence-corrected chi connectivity index (χ1v) is 12.2. The smallest absolute Gasteiger partial charge is 0.385 e. The van der Waals surface area contributed by atoms with Crippen LogP contribution in [-0.4, -0.2) is 78.9 Å². The molecule has 0 spiro atoms. The highest BCUT2D eigenvalue weighted by Crippen LogP contribution is 2.40. The van der Waals surface area contributed by atoms with E-state index >= 15 is 0 Å². The molecule has 11 heteroatoms. The predicted octanol–water partition coefficient (Wildman–Crippen LogP) is 1.07. The standard InChI is InChI=1S/C22H38F3N5O3/c1-13(6-19-29-26-12-30(19)2)14-4-3-5-16(7-14)27-20(31)17-8-15(21(32)10-33-11-21)9-18(28-17)22(23,24)25/h13-19,26,28-29,32H,3-12H2,1-2H3,(H,27,31)/t13-,14?,15?,16?,17?,18?,19?/m1/s1. The normalized spacial score (nSPS) is 38.5. The van der Waals surface area contributed by atoms with Gasteiger partial charge in [0, 0.05) is 6.04 Å². The summed E-state index contributed by atoms with van der Waals surface area (Å²) in [5.74, 6) is -0.0946. The van der Waals surface area contributed by atoms with E-state index < -0.39 is 35.7 Å². The zero-order valence-electron chi connectivity index (χ0n) is 19.5. The number of hydrogen-bond donors (Lipinski definition) is 5. The predicted molar refractivity (Wildman–Crippen MR) is 116 cm³/mol. The van der Waals surface area contributed by atoms with E-state index in [2.05, 4.69) is 40.4 Å². The number of carbonyl (C=O) groups is 1. The molecule has 33 heavy (non-hydrogen) atoms. The molecule has 1 amide bonds. The van der Waals surface area contributed by atoms with Crippen molar-refractivity contribution in [2.24, 2.45) is 17.8 Å². The molecule has 8 nitrogen and oxygen atoms in total. The summed E-state index contributed by atoms with van der Waals surface area (Å²) in [5.41, 5.74) is 5.15. The quantitative estimate of drug-likeness (QED) is 0.391. The fourth-order valence-electron chi connectivity index (χ4n) is 5.91. The summed E-state index contributed by atoms with van der Waals surface area (Å²) < 4.78 is 45.7. The lowest BCUT2D eigenvalue weighted by molar-refractivity contribution is -0.228. The second-order valence-electron chi connectivity index (χ2n) is 10.7. The van der Waals surface area contributed by atoms with E-state index in [0.29, 0.717) is 11.8 Å². The van der Waals surface area contributed by atoms with Crippen molar-refractivity contribution in [1.82, 2.24) is 26.4 Å². The Balaban J connectivity index is 1.34. The van der Waals surface area contributed by atoms with E-state index in [0.717, 1.165) is 38.8 Å². The maximum absolute atomic E-state index is 13.5. The fourth-order valence-corrected chi connectivity index (χ4v) is 5.91. The molecule has 4 aliphatic rings. The molecule has 4 fully saturated rings. The number of nitrogens with one attached hydrogen (secondary N) is 4. The minimum absolute atomic E-state index is 0.0271. The minimum Gasteiger partial charge on any atom is -0.385 e. The molecule has 0 aromatic heterocycles. The molecular weight excluding hydrogens is 439 g/mol. The maximum atomic E-state index is 13.5. The zero-order valence-corrected chi connectivity index (χ0v) is 19.5. The van der Waals surface area contributed by atoms with Crippen LogP contribution in [0.25, 0.3) is 0 Å². The second-order valence-corrected chi connectivity index (χ2v) is 10.7. The number of halogens is 3. The lowest BCUT2D eigenvalue weighted by Crippen LogP contribution is -2.65. The Morgan fingerprint density at radius 1 is 1.27 bits per heavy atom. The van der Waals surface area contributed by atoms with Gasteiger partial charge in [0.25, 0.3) is 0 Å². The van der Waals surface area contributed by atoms with Gasteiger partial charge in [-0.25, -0.2) is 10.9 Å². The molecule has 5 N–H and O–H groups in total. The van der Waals surface area contributed by atoms with E-state index in [4.69, 9.17) is 4.74 Å². The molecule has 3 aliphatic heterocycles. The summed E-state index contributed by atoms with van der Waals surface area (Å²) in [6.45, 7) is 3.10. The van der Waals surface area contributed by atoms with Crippen molar-refractivity contribution >= 4 is 5.91 Å². The average molecular weight is 478 g/mol. The van der Waals surface area contributed by atoms with Crippen LogP contribution in [0.5, 0.6) is 0 Å². The minimum atomic E-state index is -4.47. The first kappa shape index (κ1) is 25.1. The number of rotatable bonds is 6. The highest BCUT2D eigenvalue weighted by atomic mass is 19.4. The monoisotopic (exact) mass is 477 g/mol. The number of carbonyl (C=O) groups excluding carboxylic acids is 1. The van der Waals surface area contributed by atoms with Crippen molar-refractivity contribution in [2.45, 2.75) is 87.9 Å². The second kappa shape index (κ2) is 9.94. The van der Waals surface area contributed by atoms with Crippen molar-refractivity contribution in [1.29, 1.82) is 0 Å². The Kier molecular flexibility index (Phi) is 7.57. The lowest BCUT2D eigenvalue weighted by Gasteiger charge is -2.48. The summed E-state index contributed by atoms with van der Waals surface area (Å²) in [6.07, 6.45) is 0.515. The zero-order chi connectivity index (χ0) is 23.8. The molecule has 0 aromatic rings. The SMILES string of the molecule is C[C@H](CC1NNCN1C)C1CCCC(NC(=O)C2CC(C3(O)COC3)CC(C(F)(F)F)N2)C1. The van der Waals surface area contributed by atoms with E-state index in [1.807, 2.05) is 0 Å². The van der Waals surface area contributed by atoms with Crippen LogP contribution in [0, 0.1) is 17.8 Å². The first-order valence-electron chi connectivity index (χ1n) is 12.2. The van der Waals surface area contributed by atoms with E-state index in [9.17, 15) is 23.1 Å². The Morgan fingerprint density at radius 2 is 2.03 bits per heavy atom. The van der Waals surface area contributed by atoms with Crippen LogP contribution < -0.4 is 21.5 Å². The number of ether oxygens (including phenoxy) is 1. The molecule has 1 saturated carbocycles. The van der Waals surface area contributed by atoms with Crippen LogP contribution in [0.15, 0.2) is 0 Å². The molecule has 4 rings (SSSR count). The summed E-state index contributed by atoms with van der Waals surface area (Å²) in [6, 6.07) is -2.81. The summed E-state index contributed by atoms with van der Waals surface area (Å²) in [7, 11) is 2.07. The lowest BCUT2D eigenvalue weighted by atomic mass is 9.74. The average Bonchev–Trinajstić information content (AvgIpc) is 3.15. The van der Waals surface area contributed by atoms with Gasteiger partial charge >= 0.3 is 6.18 Å². The third kappa shape index (κ3) is 5.82. The Bertz CT molecular complexity index is 693. The first-order chi connectivity index (χ1) is 15.5. The van der Waals surface area contributed by atoms with Crippen molar-refractivity contribution in [3.63, 3.8) is 0 Å². The number of aliphatic hydroxyl groups is 1. The van der Waals surface area contributed by atoms with Gasteiger partial charge < -0.3 is 15.2 Å². The van der Waals surface area contributed by atoms with Crippen molar-refractivity contribution in [3.8, 4) is 0 Å². The highest BCUT2D eigenvalue weighted by molar-refractivity contribution is 5.82. The van der Waals surface area contributed by atoms with Crippen LogP contribution in [0.1, 0.15) is 51.9 Å². The topological polar surface area (TPSA) is 97.9 Å². The van der Waals surface area contributed by atoms with E-state index in [-0.39, 0.29) is 38.3 Å². The van der Waals surface area contributed by atoms with Gasteiger partial charge in [-0.3, -0.25) is 15.0 Å². The maximum Gasteiger partial charge on any atom is 0.403 e. The van der Waals surface area contributed by atoms with Gasteiger partial charge in [-0.1, -0.05) is 19.8 Å². The van der Waals surface area contributed by atoms with Crippen molar-refractivity contribution in [2.75, 3.05) is 26.9 Å². The van der Waals surface area contributed by atoms with Crippen molar-refractivity contribution in [3.05, 3.63) is 0 Å². The van der Waals surface area contributed by atoms with Gasteiger partial charge in [0.05, 0.1) is 32.1 Å². The number of nitrogens with zero attached hydrogens (tertiary/aromatic N) is 1. The number of hydrazine groups is 1. The third-order valence-corrected chi connectivity index (χ3v) is 8.21.